The van der Waals surface area contributed by atoms with Crippen LogP contribution in [0.5, 0.6) is 11.5 Å². The van der Waals surface area contributed by atoms with E-state index in [0.29, 0.717) is 0 Å². The molecule has 5 heteroatoms. The van der Waals surface area contributed by atoms with E-state index in [4.69, 9.17) is 4.74 Å². The summed E-state index contributed by atoms with van der Waals surface area (Å²) >= 11 is 0. The number of rotatable bonds is 3. The molecule has 0 aliphatic carbocycles. The fourth-order valence-corrected chi connectivity index (χ4v) is 1.19. The van der Waals surface area contributed by atoms with E-state index in [1.54, 1.807) is 0 Å². The summed E-state index contributed by atoms with van der Waals surface area (Å²) < 4.78 is 22.5. The van der Waals surface area contributed by atoms with Crippen molar-refractivity contribution in [2.45, 2.75) is 6.17 Å². The first kappa shape index (κ1) is 11.3. The van der Waals surface area contributed by atoms with Crippen LogP contribution in [0.2, 0.25) is 0 Å². The Morgan fingerprint density at radius 1 is 1.47 bits per heavy atom. The molecule has 0 radical (unpaired) electrons. The number of phenolic OH excluding ortho intramolecular Hbond substituents is 1. The molecule has 0 saturated heterocycles. The highest BCUT2D eigenvalue weighted by molar-refractivity contribution is 5.77. The Morgan fingerprint density at radius 3 is 2.67 bits per heavy atom. The maximum Gasteiger partial charge on any atom is 0.345 e. The summed E-state index contributed by atoms with van der Waals surface area (Å²) in [5.74, 6) is -1.31. The van der Waals surface area contributed by atoms with Crippen LogP contribution >= 0.6 is 0 Å². The van der Waals surface area contributed by atoms with Crippen LogP contribution in [0.4, 0.5) is 4.39 Å². The minimum Gasteiger partial charge on any atom is -0.504 e. The van der Waals surface area contributed by atoms with Gasteiger partial charge in [-0.05, 0) is 6.07 Å². The Balaban J connectivity index is 3.13. The Morgan fingerprint density at radius 2 is 2.13 bits per heavy atom. The monoisotopic (exact) mass is 214 g/mol. The molecule has 4 nitrogen and oxygen atoms in total. The van der Waals surface area contributed by atoms with Crippen LogP contribution in [-0.4, -0.2) is 25.3 Å². The van der Waals surface area contributed by atoms with Gasteiger partial charge in [0.1, 0.15) is 0 Å². The molecule has 0 heterocycles. The summed E-state index contributed by atoms with van der Waals surface area (Å²) in [6.07, 6.45) is -1.96. The predicted octanol–water partition coefficient (Wildman–Crippen LogP) is 1.58. The zero-order valence-corrected chi connectivity index (χ0v) is 8.36. The van der Waals surface area contributed by atoms with Crippen LogP contribution in [0.1, 0.15) is 11.7 Å². The zero-order chi connectivity index (χ0) is 11.4. The molecule has 1 atom stereocenters. The maximum atomic E-state index is 13.5. The fraction of sp³-hybridized carbons (Fsp3) is 0.300. The molecule has 1 rings (SSSR count). The molecular weight excluding hydrogens is 203 g/mol. The number of carbonyl (C=O) groups is 1. The van der Waals surface area contributed by atoms with Gasteiger partial charge in [0.2, 0.25) is 6.17 Å². The smallest absolute Gasteiger partial charge is 0.345 e. The topological polar surface area (TPSA) is 55.8 Å². The summed E-state index contributed by atoms with van der Waals surface area (Å²) in [5, 5.41) is 9.35. The van der Waals surface area contributed by atoms with Gasteiger partial charge >= 0.3 is 5.97 Å². The van der Waals surface area contributed by atoms with E-state index in [2.05, 4.69) is 4.74 Å². The minimum atomic E-state index is -1.96. The molecule has 0 saturated carbocycles. The van der Waals surface area contributed by atoms with Gasteiger partial charge in [-0.25, -0.2) is 9.18 Å². The fourth-order valence-electron chi connectivity index (χ4n) is 1.19. The second-order valence-electron chi connectivity index (χ2n) is 2.79. The van der Waals surface area contributed by atoms with Crippen molar-refractivity contribution in [3.63, 3.8) is 0 Å². The second kappa shape index (κ2) is 4.63. The van der Waals surface area contributed by atoms with E-state index in [-0.39, 0.29) is 17.1 Å². The lowest BCUT2D eigenvalue weighted by molar-refractivity contribution is -0.146. The number of hydrogen-bond donors (Lipinski definition) is 1. The molecule has 82 valence electrons. The summed E-state index contributed by atoms with van der Waals surface area (Å²) in [6.45, 7) is 0. The number of esters is 1. The number of benzene rings is 1. The standard InChI is InChI=1S/C10H11FO4/c1-14-9-6(4-3-5-7(9)12)8(11)10(13)15-2/h3-5,8,12H,1-2H3. The number of carbonyl (C=O) groups excluding carboxylic acids is 1. The number of ether oxygens (including phenoxy) is 2. The van der Waals surface area contributed by atoms with Crippen molar-refractivity contribution in [3.05, 3.63) is 23.8 Å². The normalized spacial score (nSPS) is 11.9. The van der Waals surface area contributed by atoms with Crippen LogP contribution in [0, 0.1) is 0 Å². The first-order chi connectivity index (χ1) is 7.11. The molecule has 15 heavy (non-hydrogen) atoms. The lowest BCUT2D eigenvalue weighted by atomic mass is 10.1. The Bertz CT molecular complexity index is 364. The third-order valence-corrected chi connectivity index (χ3v) is 1.91. The second-order valence-corrected chi connectivity index (χ2v) is 2.79. The molecule has 0 bridgehead atoms. The maximum absolute atomic E-state index is 13.5. The van der Waals surface area contributed by atoms with Crippen molar-refractivity contribution >= 4 is 5.97 Å². The van der Waals surface area contributed by atoms with E-state index in [1.165, 1.54) is 25.3 Å². The number of alkyl halides is 1. The lowest BCUT2D eigenvalue weighted by Crippen LogP contribution is -2.10. The van der Waals surface area contributed by atoms with Crippen LogP contribution in [0.25, 0.3) is 0 Å². The summed E-state index contributed by atoms with van der Waals surface area (Å²) in [7, 11) is 2.37. The van der Waals surface area contributed by atoms with Gasteiger partial charge in [-0.3, -0.25) is 0 Å². The summed E-state index contributed by atoms with van der Waals surface area (Å²) in [6, 6.07) is 4.11. The number of aromatic hydroxyl groups is 1. The zero-order valence-electron chi connectivity index (χ0n) is 8.36. The van der Waals surface area contributed by atoms with E-state index in [1.807, 2.05) is 0 Å². The van der Waals surface area contributed by atoms with Gasteiger partial charge in [-0.15, -0.1) is 0 Å². The molecule has 1 N–H and O–H groups in total. The molecule has 1 aromatic rings. The first-order valence-electron chi connectivity index (χ1n) is 4.19. The summed E-state index contributed by atoms with van der Waals surface area (Å²) in [5.41, 5.74) is -0.0515. The van der Waals surface area contributed by atoms with Gasteiger partial charge in [0, 0.05) is 5.56 Å². The molecule has 0 aliphatic heterocycles. The van der Waals surface area contributed by atoms with Crippen LogP contribution in [0.15, 0.2) is 18.2 Å². The van der Waals surface area contributed by atoms with Crippen molar-refractivity contribution < 1.29 is 23.8 Å². The van der Waals surface area contributed by atoms with Gasteiger partial charge in [-0.2, -0.15) is 0 Å². The third-order valence-electron chi connectivity index (χ3n) is 1.91. The highest BCUT2D eigenvalue weighted by Gasteiger charge is 2.25. The van der Waals surface area contributed by atoms with E-state index in [9.17, 15) is 14.3 Å². The van der Waals surface area contributed by atoms with Crippen LogP contribution in [-0.2, 0) is 9.53 Å². The number of halogens is 1. The molecule has 1 aromatic carbocycles. The molecule has 0 fully saturated rings. The highest BCUT2D eigenvalue weighted by Crippen LogP contribution is 2.35. The predicted molar refractivity (Wildman–Crippen MR) is 50.5 cm³/mol. The number of methoxy groups -OCH3 is 2. The average Bonchev–Trinajstić information content (AvgIpc) is 2.26. The van der Waals surface area contributed by atoms with Crippen molar-refractivity contribution in [2.75, 3.05) is 14.2 Å². The molecule has 0 aliphatic rings. The summed E-state index contributed by atoms with van der Waals surface area (Å²) in [4.78, 5) is 11.0. The van der Waals surface area contributed by atoms with Gasteiger partial charge in [0.25, 0.3) is 0 Å². The third kappa shape index (κ3) is 2.18. The Labute approximate surface area is 86.2 Å². The Kier molecular flexibility index (Phi) is 3.49. The van der Waals surface area contributed by atoms with Crippen molar-refractivity contribution in [1.29, 1.82) is 0 Å². The molecular formula is C10H11FO4. The SMILES string of the molecule is COC(=O)C(F)c1cccc(O)c1OC. The van der Waals surface area contributed by atoms with E-state index in [0.717, 1.165) is 7.11 Å². The molecule has 0 amide bonds. The highest BCUT2D eigenvalue weighted by atomic mass is 19.1. The number of phenols is 1. The van der Waals surface area contributed by atoms with E-state index >= 15 is 0 Å². The van der Waals surface area contributed by atoms with Crippen LogP contribution in [0.3, 0.4) is 0 Å². The average molecular weight is 214 g/mol. The Hall–Kier alpha value is -1.78. The van der Waals surface area contributed by atoms with Crippen LogP contribution < -0.4 is 4.74 Å². The van der Waals surface area contributed by atoms with E-state index < -0.39 is 12.1 Å². The van der Waals surface area contributed by atoms with Gasteiger partial charge in [0.05, 0.1) is 14.2 Å². The minimum absolute atomic E-state index is 0.0515. The number of hydrogen-bond acceptors (Lipinski definition) is 4. The van der Waals surface area contributed by atoms with Crippen molar-refractivity contribution in [2.24, 2.45) is 0 Å². The number of para-hydroxylation sites is 1. The molecule has 0 aromatic heterocycles. The van der Waals surface area contributed by atoms with Crippen molar-refractivity contribution in [3.8, 4) is 11.5 Å². The lowest BCUT2D eigenvalue weighted by Gasteiger charge is -2.11. The first-order valence-corrected chi connectivity index (χ1v) is 4.19. The van der Waals surface area contributed by atoms with Gasteiger partial charge in [0.15, 0.2) is 11.5 Å². The van der Waals surface area contributed by atoms with Gasteiger partial charge < -0.3 is 14.6 Å². The van der Waals surface area contributed by atoms with Gasteiger partial charge in [-0.1, -0.05) is 12.1 Å². The molecule has 1 unspecified atom stereocenters. The molecule has 0 spiro atoms. The van der Waals surface area contributed by atoms with Crippen molar-refractivity contribution in [1.82, 2.24) is 0 Å². The largest absolute Gasteiger partial charge is 0.504 e. The quantitative estimate of drug-likeness (QED) is 0.776.